The highest BCUT2D eigenvalue weighted by Gasteiger charge is 2.25. The lowest BCUT2D eigenvalue weighted by Crippen LogP contribution is -2.38. The third-order valence-corrected chi connectivity index (χ3v) is 1.59. The lowest BCUT2D eigenvalue weighted by molar-refractivity contribution is -0.146. The Hall–Kier alpha value is -0.610. The van der Waals surface area contributed by atoms with Crippen molar-refractivity contribution in [3.05, 3.63) is 0 Å². The van der Waals surface area contributed by atoms with Gasteiger partial charge in [0.1, 0.15) is 0 Å². The minimum absolute atomic E-state index is 0.102. The smallest absolute Gasteiger partial charge is 0.308 e. The molecule has 1 rings (SSSR count). The predicted molar refractivity (Wildman–Crippen MR) is 34.5 cm³/mol. The number of ether oxygens (including phenoxy) is 1. The molecule has 0 aromatic rings. The van der Waals surface area contributed by atoms with Crippen LogP contribution >= 0.6 is 0 Å². The Morgan fingerprint density at radius 2 is 2.30 bits per heavy atom. The first-order valence-corrected chi connectivity index (χ1v) is 3.26. The van der Waals surface area contributed by atoms with Crippen LogP contribution in [0.15, 0.2) is 0 Å². The first-order valence-electron chi connectivity index (χ1n) is 3.26. The van der Waals surface area contributed by atoms with Crippen molar-refractivity contribution in [3.8, 4) is 0 Å². The lowest BCUT2D eigenvalue weighted by atomic mass is 10.00. The van der Waals surface area contributed by atoms with E-state index in [0.29, 0.717) is 19.6 Å². The van der Waals surface area contributed by atoms with Crippen molar-refractivity contribution in [2.75, 3.05) is 13.2 Å². The van der Waals surface area contributed by atoms with Crippen LogP contribution in [0.4, 0.5) is 0 Å². The Morgan fingerprint density at radius 3 is 2.70 bits per heavy atom. The molecule has 0 aromatic heterocycles. The molecule has 58 valence electrons. The number of rotatable bonds is 1. The van der Waals surface area contributed by atoms with E-state index < -0.39 is 11.9 Å². The molecule has 1 saturated heterocycles. The summed E-state index contributed by atoms with van der Waals surface area (Å²) in [6.45, 7) is 0.798. The Morgan fingerprint density at radius 1 is 1.60 bits per heavy atom. The minimum Gasteiger partial charge on any atom is -0.481 e. The quantitative estimate of drug-likeness (QED) is 0.518. The van der Waals surface area contributed by atoms with Crippen LogP contribution in [0.1, 0.15) is 6.42 Å². The second-order valence-corrected chi connectivity index (χ2v) is 2.57. The first kappa shape index (κ1) is 7.50. The van der Waals surface area contributed by atoms with Crippen molar-refractivity contribution in [2.45, 2.75) is 12.5 Å². The van der Waals surface area contributed by atoms with Gasteiger partial charge in [0, 0.05) is 6.04 Å². The van der Waals surface area contributed by atoms with Crippen LogP contribution in [0.2, 0.25) is 0 Å². The summed E-state index contributed by atoms with van der Waals surface area (Å²) in [7, 11) is 0. The van der Waals surface area contributed by atoms with E-state index in [0.717, 1.165) is 0 Å². The maximum absolute atomic E-state index is 10.4. The van der Waals surface area contributed by atoms with Crippen LogP contribution in [-0.4, -0.2) is 30.3 Å². The molecule has 1 aliphatic heterocycles. The van der Waals surface area contributed by atoms with Gasteiger partial charge >= 0.3 is 5.97 Å². The standard InChI is InChI=1S/C6H11NO3/c7-5-1-4(6(8)9)2-10-3-5/h4-5H,1-3,7H2,(H,8,9)/t4-,5-/m1/s1. The van der Waals surface area contributed by atoms with E-state index in [4.69, 9.17) is 15.6 Å². The molecule has 1 aliphatic rings. The summed E-state index contributed by atoms with van der Waals surface area (Å²) in [5, 5.41) is 8.52. The Labute approximate surface area is 59.0 Å². The van der Waals surface area contributed by atoms with Gasteiger partial charge in [-0.05, 0) is 6.42 Å². The van der Waals surface area contributed by atoms with Crippen molar-refractivity contribution < 1.29 is 14.6 Å². The molecule has 0 radical (unpaired) electrons. The van der Waals surface area contributed by atoms with Crippen LogP contribution in [-0.2, 0) is 9.53 Å². The zero-order valence-corrected chi connectivity index (χ0v) is 5.62. The molecule has 0 aliphatic carbocycles. The molecule has 0 spiro atoms. The summed E-state index contributed by atoms with van der Waals surface area (Å²) in [5.41, 5.74) is 5.47. The molecule has 4 heteroatoms. The Kier molecular flexibility index (Phi) is 2.24. The third-order valence-electron chi connectivity index (χ3n) is 1.59. The highest BCUT2D eigenvalue weighted by molar-refractivity contribution is 5.70. The number of hydrogen-bond acceptors (Lipinski definition) is 3. The van der Waals surface area contributed by atoms with Crippen molar-refractivity contribution in [1.82, 2.24) is 0 Å². The summed E-state index contributed by atoms with van der Waals surface area (Å²) < 4.78 is 4.95. The van der Waals surface area contributed by atoms with E-state index in [1.54, 1.807) is 0 Å². The summed E-state index contributed by atoms with van der Waals surface area (Å²) in [4.78, 5) is 10.4. The maximum atomic E-state index is 10.4. The van der Waals surface area contributed by atoms with Gasteiger partial charge in [0.2, 0.25) is 0 Å². The van der Waals surface area contributed by atoms with Gasteiger partial charge in [0.05, 0.1) is 19.1 Å². The van der Waals surface area contributed by atoms with Crippen molar-refractivity contribution in [1.29, 1.82) is 0 Å². The molecule has 0 amide bonds. The fraction of sp³-hybridized carbons (Fsp3) is 0.833. The molecule has 1 fully saturated rings. The monoisotopic (exact) mass is 145 g/mol. The number of carbonyl (C=O) groups is 1. The summed E-state index contributed by atoms with van der Waals surface area (Å²) in [5.74, 6) is -1.21. The normalized spacial score (nSPS) is 33.7. The molecule has 3 N–H and O–H groups in total. The van der Waals surface area contributed by atoms with Crippen LogP contribution in [0.5, 0.6) is 0 Å². The second-order valence-electron chi connectivity index (χ2n) is 2.57. The molecule has 0 bridgehead atoms. The molecule has 0 saturated carbocycles. The molecular formula is C6H11NO3. The largest absolute Gasteiger partial charge is 0.481 e. The Balaban J connectivity index is 2.39. The van der Waals surface area contributed by atoms with E-state index in [1.165, 1.54) is 0 Å². The van der Waals surface area contributed by atoms with Gasteiger partial charge in [0.25, 0.3) is 0 Å². The fourth-order valence-electron chi connectivity index (χ4n) is 1.04. The van der Waals surface area contributed by atoms with Crippen LogP contribution < -0.4 is 5.73 Å². The molecular weight excluding hydrogens is 134 g/mol. The summed E-state index contributed by atoms with van der Waals surface area (Å²) in [6.07, 6.45) is 0.537. The topological polar surface area (TPSA) is 72.5 Å². The maximum Gasteiger partial charge on any atom is 0.308 e. The van der Waals surface area contributed by atoms with Gasteiger partial charge in [-0.2, -0.15) is 0 Å². The van der Waals surface area contributed by atoms with E-state index >= 15 is 0 Å². The number of carboxylic acids is 1. The predicted octanol–water partition coefficient (Wildman–Crippen LogP) is -0.565. The van der Waals surface area contributed by atoms with Crippen molar-refractivity contribution in [3.63, 3.8) is 0 Å². The Bertz CT molecular complexity index is 137. The summed E-state index contributed by atoms with van der Waals surface area (Å²) in [6, 6.07) is -0.102. The second kappa shape index (κ2) is 2.98. The number of aliphatic carboxylic acids is 1. The van der Waals surface area contributed by atoms with Crippen LogP contribution in [0.25, 0.3) is 0 Å². The molecule has 0 aromatic carbocycles. The average Bonchev–Trinajstić information content (AvgIpc) is 1.88. The van der Waals surface area contributed by atoms with Gasteiger partial charge in [-0.1, -0.05) is 0 Å². The zero-order valence-electron chi connectivity index (χ0n) is 5.62. The van der Waals surface area contributed by atoms with E-state index in [1.807, 2.05) is 0 Å². The molecule has 10 heavy (non-hydrogen) atoms. The van der Waals surface area contributed by atoms with Crippen molar-refractivity contribution in [2.24, 2.45) is 11.7 Å². The van der Waals surface area contributed by atoms with Gasteiger partial charge < -0.3 is 15.6 Å². The van der Waals surface area contributed by atoms with Gasteiger partial charge in [0.15, 0.2) is 0 Å². The zero-order chi connectivity index (χ0) is 7.56. The molecule has 2 atom stereocenters. The van der Waals surface area contributed by atoms with Crippen molar-refractivity contribution >= 4 is 5.97 Å². The third kappa shape index (κ3) is 1.68. The van der Waals surface area contributed by atoms with Gasteiger partial charge in [-0.15, -0.1) is 0 Å². The highest BCUT2D eigenvalue weighted by atomic mass is 16.5. The molecule has 1 heterocycles. The lowest BCUT2D eigenvalue weighted by Gasteiger charge is -2.23. The van der Waals surface area contributed by atoms with Gasteiger partial charge in [-0.3, -0.25) is 4.79 Å². The average molecular weight is 145 g/mol. The van der Waals surface area contributed by atoms with Crippen LogP contribution in [0.3, 0.4) is 0 Å². The van der Waals surface area contributed by atoms with Gasteiger partial charge in [-0.25, -0.2) is 0 Å². The minimum atomic E-state index is -0.810. The highest BCUT2D eigenvalue weighted by Crippen LogP contribution is 2.12. The van der Waals surface area contributed by atoms with Crippen LogP contribution in [0, 0.1) is 5.92 Å². The fourth-order valence-corrected chi connectivity index (χ4v) is 1.04. The molecule has 4 nitrogen and oxygen atoms in total. The first-order chi connectivity index (χ1) is 4.70. The van der Waals surface area contributed by atoms with E-state index in [2.05, 4.69) is 0 Å². The van der Waals surface area contributed by atoms with E-state index in [-0.39, 0.29) is 6.04 Å². The number of hydrogen-bond donors (Lipinski definition) is 2. The van der Waals surface area contributed by atoms with E-state index in [9.17, 15) is 4.79 Å². The summed E-state index contributed by atoms with van der Waals surface area (Å²) >= 11 is 0. The molecule has 0 unspecified atom stereocenters. The SMILES string of the molecule is N[C@H]1COC[C@H](C(=O)O)C1. The number of nitrogens with two attached hydrogens (primary N) is 1. The number of carboxylic acid groups (broad SMARTS) is 1.